The molecule has 0 saturated heterocycles. The molecule has 0 saturated carbocycles. The number of aromatic nitrogens is 3. The second-order valence-corrected chi connectivity index (χ2v) is 7.54. The van der Waals surface area contributed by atoms with Crippen molar-refractivity contribution in [2.75, 3.05) is 0 Å². The van der Waals surface area contributed by atoms with Gasteiger partial charge in [-0.3, -0.25) is 4.98 Å². The van der Waals surface area contributed by atoms with Crippen molar-refractivity contribution in [2.24, 2.45) is 0 Å². The monoisotopic (exact) mass is 388 g/mol. The number of ether oxygens (including phenoxy) is 1. The number of halogens is 1. The number of aryl methyl sites for hydroxylation is 2. The molecule has 0 bridgehead atoms. The van der Waals surface area contributed by atoms with Crippen LogP contribution in [0.15, 0.2) is 42.7 Å². The van der Waals surface area contributed by atoms with E-state index in [1.807, 2.05) is 18.2 Å². The van der Waals surface area contributed by atoms with Crippen LogP contribution in [0.4, 0.5) is 4.39 Å². The van der Waals surface area contributed by atoms with Crippen LogP contribution in [0.5, 0.6) is 11.6 Å². The minimum absolute atomic E-state index is 0.135. The van der Waals surface area contributed by atoms with Gasteiger partial charge < -0.3 is 4.74 Å². The highest BCUT2D eigenvalue weighted by Crippen LogP contribution is 2.42. The average molecular weight is 388 g/mol. The molecule has 1 aliphatic carbocycles. The van der Waals surface area contributed by atoms with Crippen LogP contribution in [0.2, 0.25) is 0 Å². The van der Waals surface area contributed by atoms with E-state index in [2.05, 4.69) is 9.97 Å². The molecule has 1 aromatic carbocycles. The van der Waals surface area contributed by atoms with Crippen molar-refractivity contribution in [1.82, 2.24) is 15.0 Å². The number of fused-ring (bicyclic) bond motifs is 3. The summed E-state index contributed by atoms with van der Waals surface area (Å²) in [5, 5.41) is 10.2. The van der Waals surface area contributed by atoms with E-state index in [-0.39, 0.29) is 11.3 Å². The standard InChI is InChI=1S/C21H13FN4OS/c22-15-6-2-7-16(14(15)10-23)27-20-18-13-5-1-8-17(13)28-21(18)26-19(25-20)12-4-3-9-24-11-12/h2-4,6-7,9,11H,1,5,8H2. The lowest BCUT2D eigenvalue weighted by atomic mass is 10.2. The van der Waals surface area contributed by atoms with Gasteiger partial charge >= 0.3 is 0 Å². The Bertz CT molecular complexity index is 1250. The largest absolute Gasteiger partial charge is 0.437 e. The summed E-state index contributed by atoms with van der Waals surface area (Å²) in [7, 11) is 0. The Balaban J connectivity index is 1.73. The first-order valence-corrected chi connectivity index (χ1v) is 9.65. The molecule has 1 aliphatic rings. The van der Waals surface area contributed by atoms with Crippen molar-refractivity contribution in [3.63, 3.8) is 0 Å². The molecule has 7 heteroatoms. The van der Waals surface area contributed by atoms with Gasteiger partial charge in [0.05, 0.1) is 5.39 Å². The molecule has 5 rings (SSSR count). The van der Waals surface area contributed by atoms with E-state index in [4.69, 9.17) is 9.72 Å². The van der Waals surface area contributed by atoms with E-state index in [1.54, 1.807) is 29.8 Å². The van der Waals surface area contributed by atoms with Gasteiger partial charge in [0.1, 0.15) is 28.0 Å². The van der Waals surface area contributed by atoms with Gasteiger partial charge in [0.15, 0.2) is 5.82 Å². The summed E-state index contributed by atoms with van der Waals surface area (Å²) in [5.74, 6) is 0.377. The molecule has 0 unspecified atom stereocenters. The lowest BCUT2D eigenvalue weighted by molar-refractivity contribution is 0.461. The molecule has 3 heterocycles. The third kappa shape index (κ3) is 2.70. The fraction of sp³-hybridized carbons (Fsp3) is 0.143. The van der Waals surface area contributed by atoms with Crippen LogP contribution in [0, 0.1) is 17.1 Å². The fourth-order valence-corrected chi connectivity index (χ4v) is 4.71. The fourth-order valence-electron chi connectivity index (χ4n) is 3.46. The van der Waals surface area contributed by atoms with E-state index in [0.717, 1.165) is 35.0 Å². The zero-order chi connectivity index (χ0) is 19.1. The molecule has 5 nitrogen and oxygen atoms in total. The molecular weight excluding hydrogens is 375 g/mol. The van der Waals surface area contributed by atoms with Crippen LogP contribution in [-0.4, -0.2) is 15.0 Å². The van der Waals surface area contributed by atoms with Gasteiger partial charge in [-0.1, -0.05) is 6.07 Å². The average Bonchev–Trinajstić information content (AvgIpc) is 3.29. The number of thiophene rings is 1. The first kappa shape index (κ1) is 16.8. The number of nitriles is 1. The van der Waals surface area contributed by atoms with E-state index in [0.29, 0.717) is 11.7 Å². The van der Waals surface area contributed by atoms with Crippen molar-refractivity contribution in [1.29, 1.82) is 5.26 Å². The van der Waals surface area contributed by atoms with Crippen molar-refractivity contribution < 1.29 is 9.13 Å². The Hall–Kier alpha value is -3.37. The minimum Gasteiger partial charge on any atom is -0.437 e. The van der Waals surface area contributed by atoms with Gasteiger partial charge in [0.2, 0.25) is 5.88 Å². The Kier molecular flexibility index (Phi) is 3.99. The highest BCUT2D eigenvalue weighted by molar-refractivity contribution is 7.19. The summed E-state index contributed by atoms with van der Waals surface area (Å²) in [4.78, 5) is 15.6. The first-order chi connectivity index (χ1) is 13.7. The van der Waals surface area contributed by atoms with Crippen molar-refractivity contribution in [3.8, 4) is 29.1 Å². The van der Waals surface area contributed by atoms with Crippen LogP contribution >= 0.6 is 11.3 Å². The van der Waals surface area contributed by atoms with Gasteiger partial charge in [-0.15, -0.1) is 11.3 Å². The molecule has 0 amide bonds. The number of hydrogen-bond acceptors (Lipinski definition) is 6. The lowest BCUT2D eigenvalue weighted by Gasteiger charge is -2.10. The van der Waals surface area contributed by atoms with E-state index < -0.39 is 5.82 Å². The lowest BCUT2D eigenvalue weighted by Crippen LogP contribution is -1.98. The molecule has 0 fully saturated rings. The predicted octanol–water partition coefficient (Wildman–Crippen LogP) is 5.05. The van der Waals surface area contributed by atoms with Crippen molar-refractivity contribution in [2.45, 2.75) is 19.3 Å². The maximum atomic E-state index is 14.0. The Morgan fingerprint density at radius 1 is 1.14 bits per heavy atom. The van der Waals surface area contributed by atoms with Crippen LogP contribution < -0.4 is 4.74 Å². The van der Waals surface area contributed by atoms with Crippen molar-refractivity contribution in [3.05, 3.63) is 64.5 Å². The summed E-state index contributed by atoms with van der Waals surface area (Å²) >= 11 is 1.64. The van der Waals surface area contributed by atoms with E-state index in [1.165, 1.54) is 22.6 Å². The summed E-state index contributed by atoms with van der Waals surface area (Å²) in [6.07, 6.45) is 6.42. The Morgan fingerprint density at radius 2 is 2.07 bits per heavy atom. The molecule has 4 aromatic rings. The van der Waals surface area contributed by atoms with E-state index >= 15 is 0 Å². The van der Waals surface area contributed by atoms with E-state index in [9.17, 15) is 9.65 Å². The molecule has 28 heavy (non-hydrogen) atoms. The quantitative estimate of drug-likeness (QED) is 0.491. The third-order valence-electron chi connectivity index (χ3n) is 4.75. The highest BCUT2D eigenvalue weighted by Gasteiger charge is 2.24. The number of hydrogen-bond donors (Lipinski definition) is 0. The second-order valence-electron chi connectivity index (χ2n) is 6.46. The van der Waals surface area contributed by atoms with Crippen LogP contribution in [-0.2, 0) is 12.8 Å². The molecule has 0 aliphatic heterocycles. The molecule has 136 valence electrons. The van der Waals surface area contributed by atoms with Gasteiger partial charge in [-0.25, -0.2) is 9.37 Å². The zero-order valence-electron chi connectivity index (χ0n) is 14.6. The molecule has 0 N–H and O–H groups in total. The highest BCUT2D eigenvalue weighted by atomic mass is 32.1. The maximum Gasteiger partial charge on any atom is 0.232 e. The van der Waals surface area contributed by atoms with Gasteiger partial charge in [-0.2, -0.15) is 10.2 Å². The predicted molar refractivity (Wildman–Crippen MR) is 104 cm³/mol. The first-order valence-electron chi connectivity index (χ1n) is 8.84. The number of rotatable bonds is 3. The van der Waals surface area contributed by atoms with Crippen LogP contribution in [0.1, 0.15) is 22.4 Å². The smallest absolute Gasteiger partial charge is 0.232 e. The summed E-state index contributed by atoms with van der Waals surface area (Å²) in [6.45, 7) is 0. The van der Waals surface area contributed by atoms with Crippen molar-refractivity contribution >= 4 is 21.6 Å². The Morgan fingerprint density at radius 3 is 2.89 bits per heavy atom. The number of pyridine rings is 1. The summed E-state index contributed by atoms with van der Waals surface area (Å²) in [6, 6.07) is 9.90. The maximum absolute atomic E-state index is 14.0. The summed E-state index contributed by atoms with van der Waals surface area (Å²) in [5.41, 5.74) is 1.83. The molecular formula is C21H13FN4OS. The minimum atomic E-state index is -0.617. The van der Waals surface area contributed by atoms with Gasteiger partial charge in [-0.05, 0) is 49.1 Å². The topological polar surface area (TPSA) is 71.7 Å². The van der Waals surface area contributed by atoms with Crippen LogP contribution in [0.25, 0.3) is 21.6 Å². The number of benzene rings is 1. The normalized spacial score (nSPS) is 12.7. The SMILES string of the molecule is N#Cc1c(F)cccc1Oc1nc(-c2cccnc2)nc2sc3c(c12)CCC3. The van der Waals surface area contributed by atoms with Gasteiger partial charge in [0.25, 0.3) is 0 Å². The zero-order valence-corrected chi connectivity index (χ0v) is 15.5. The molecule has 0 atom stereocenters. The molecule has 0 radical (unpaired) electrons. The molecule has 0 spiro atoms. The van der Waals surface area contributed by atoms with Gasteiger partial charge in [0, 0.05) is 22.8 Å². The number of nitrogens with zero attached hydrogens (tertiary/aromatic N) is 4. The van der Waals surface area contributed by atoms with Crippen LogP contribution in [0.3, 0.4) is 0 Å². The second kappa shape index (κ2) is 6.66. The molecule has 3 aromatic heterocycles. The third-order valence-corrected chi connectivity index (χ3v) is 5.93. The Labute approximate surface area is 164 Å². The summed E-state index contributed by atoms with van der Waals surface area (Å²) < 4.78 is 20.0.